The second-order valence-corrected chi connectivity index (χ2v) is 10.2. The number of aromatic nitrogens is 2. The number of carbonyl (C=O) groups excluding carboxylic acids is 1. The molecule has 0 bridgehead atoms. The first-order chi connectivity index (χ1) is 17.8. The number of hydrogen-bond donors (Lipinski definition) is 1. The molecule has 190 valence electrons. The number of amides is 1. The van der Waals surface area contributed by atoms with E-state index in [1.165, 1.54) is 21.4 Å². The number of thiocarbonyl (C=S) groups is 1. The van der Waals surface area contributed by atoms with Crippen molar-refractivity contribution in [3.05, 3.63) is 75.3 Å². The van der Waals surface area contributed by atoms with Gasteiger partial charge in [-0.25, -0.2) is 9.37 Å². The number of para-hydroxylation sites is 1. The summed E-state index contributed by atoms with van der Waals surface area (Å²) in [6.45, 7) is 1.98. The van der Waals surface area contributed by atoms with Crippen LogP contribution in [0.1, 0.15) is 12.0 Å². The fourth-order valence-corrected chi connectivity index (χ4v) is 5.65. The fraction of sp³-hybridized carbons (Fsp3) is 0.240. The highest BCUT2D eigenvalue weighted by Crippen LogP contribution is 2.34. The van der Waals surface area contributed by atoms with Crippen molar-refractivity contribution in [1.82, 2.24) is 14.3 Å². The molecule has 2 aromatic heterocycles. The molecule has 1 amide bonds. The lowest BCUT2D eigenvalue weighted by Crippen LogP contribution is -2.47. The summed E-state index contributed by atoms with van der Waals surface area (Å²) >= 11 is 6.32. The number of fused-ring (bicyclic) bond motifs is 1. The number of carboxylic acids is 1. The second kappa shape index (κ2) is 10.3. The van der Waals surface area contributed by atoms with Gasteiger partial charge >= 0.3 is 5.97 Å². The van der Waals surface area contributed by atoms with Gasteiger partial charge in [-0.2, -0.15) is 0 Å². The smallest absolute Gasteiger partial charge is 0.305 e. The first kappa shape index (κ1) is 24.9. The molecule has 0 spiro atoms. The molecule has 2 aliphatic rings. The molecule has 9 nitrogen and oxygen atoms in total. The highest BCUT2D eigenvalue weighted by molar-refractivity contribution is 8.26. The molecule has 2 saturated heterocycles. The van der Waals surface area contributed by atoms with Gasteiger partial charge in [-0.1, -0.05) is 42.2 Å². The Morgan fingerprint density at radius 1 is 1.08 bits per heavy atom. The maximum Gasteiger partial charge on any atom is 0.305 e. The van der Waals surface area contributed by atoms with Gasteiger partial charge in [0.1, 0.15) is 21.6 Å². The molecule has 37 heavy (non-hydrogen) atoms. The van der Waals surface area contributed by atoms with Crippen LogP contribution in [0.4, 0.5) is 15.9 Å². The number of nitrogens with zero attached hydrogens (tertiary/aromatic N) is 5. The van der Waals surface area contributed by atoms with E-state index in [1.807, 2.05) is 9.80 Å². The number of hydrogen-bond acceptors (Lipinski definition) is 8. The van der Waals surface area contributed by atoms with Crippen molar-refractivity contribution in [2.24, 2.45) is 0 Å². The number of benzene rings is 1. The molecule has 5 rings (SSSR count). The maximum absolute atomic E-state index is 14.3. The Morgan fingerprint density at radius 2 is 1.78 bits per heavy atom. The molecule has 0 saturated carbocycles. The number of rotatable bonds is 6. The minimum atomic E-state index is -1.04. The average molecular weight is 540 g/mol. The molecule has 0 unspecified atom stereocenters. The third-order valence-corrected chi connectivity index (χ3v) is 7.60. The predicted octanol–water partition coefficient (Wildman–Crippen LogP) is 2.84. The van der Waals surface area contributed by atoms with E-state index in [-0.39, 0.29) is 39.1 Å². The van der Waals surface area contributed by atoms with Crippen LogP contribution in [0.25, 0.3) is 11.7 Å². The van der Waals surface area contributed by atoms with E-state index in [1.54, 1.807) is 42.6 Å². The van der Waals surface area contributed by atoms with Gasteiger partial charge in [0, 0.05) is 38.9 Å². The van der Waals surface area contributed by atoms with Gasteiger partial charge in [-0.05, 0) is 30.3 Å². The zero-order valence-corrected chi connectivity index (χ0v) is 21.2. The van der Waals surface area contributed by atoms with Gasteiger partial charge in [0.05, 0.1) is 22.6 Å². The highest BCUT2D eigenvalue weighted by Gasteiger charge is 2.33. The number of halogens is 1. The van der Waals surface area contributed by atoms with E-state index >= 15 is 0 Å². The highest BCUT2D eigenvalue weighted by atomic mass is 32.2. The zero-order chi connectivity index (χ0) is 26.1. The molecule has 3 aromatic rings. The van der Waals surface area contributed by atoms with Crippen LogP contribution >= 0.6 is 24.0 Å². The third kappa shape index (κ3) is 4.94. The third-order valence-electron chi connectivity index (χ3n) is 6.22. The normalized spacial score (nSPS) is 17.3. The summed E-state index contributed by atoms with van der Waals surface area (Å²) in [6, 6.07) is 11.9. The van der Waals surface area contributed by atoms with E-state index < -0.39 is 11.9 Å². The molecule has 1 N–H and O–H groups in total. The van der Waals surface area contributed by atoms with Crippen molar-refractivity contribution in [2.45, 2.75) is 6.42 Å². The summed E-state index contributed by atoms with van der Waals surface area (Å²) < 4.78 is 16.0. The van der Waals surface area contributed by atoms with Crippen molar-refractivity contribution >= 4 is 63.4 Å². The lowest BCUT2D eigenvalue weighted by atomic mass is 10.2. The van der Waals surface area contributed by atoms with E-state index in [0.29, 0.717) is 43.3 Å². The number of piperazine rings is 1. The van der Waals surface area contributed by atoms with Crippen LogP contribution in [0, 0.1) is 5.82 Å². The first-order valence-corrected chi connectivity index (χ1v) is 12.8. The number of anilines is 2. The Kier molecular flexibility index (Phi) is 6.94. The van der Waals surface area contributed by atoms with E-state index in [4.69, 9.17) is 22.3 Å². The lowest BCUT2D eigenvalue weighted by molar-refractivity contribution is -0.137. The Morgan fingerprint density at radius 3 is 2.51 bits per heavy atom. The van der Waals surface area contributed by atoms with E-state index in [2.05, 4.69) is 0 Å². The zero-order valence-electron chi connectivity index (χ0n) is 19.5. The standard InChI is InChI=1S/C25H22FN5O4S2/c26-17-5-1-2-6-18(17)28-11-13-29(14-12-28)22-16(23(34)30-9-4-3-7-20(30)27-22)15-19-24(35)31(25(36)37-19)10-8-21(32)33/h1-7,9,15H,8,10-14H2,(H,32,33)/b19-15-. The Labute approximate surface area is 220 Å². The fourth-order valence-electron chi connectivity index (χ4n) is 4.36. The van der Waals surface area contributed by atoms with Gasteiger partial charge in [0.15, 0.2) is 0 Å². The van der Waals surface area contributed by atoms with Crippen molar-refractivity contribution < 1.29 is 19.1 Å². The van der Waals surface area contributed by atoms with Gasteiger partial charge in [-0.3, -0.25) is 23.7 Å². The SMILES string of the molecule is O=C(O)CCN1C(=O)/C(=C/c2c(N3CCN(c4ccccc4F)CC3)nc3ccccn3c2=O)SC1=S. The summed E-state index contributed by atoms with van der Waals surface area (Å²) in [5.41, 5.74) is 0.888. The van der Waals surface area contributed by atoms with Crippen LogP contribution in [-0.2, 0) is 9.59 Å². The van der Waals surface area contributed by atoms with Crippen LogP contribution in [0.15, 0.2) is 58.4 Å². The van der Waals surface area contributed by atoms with E-state index in [0.717, 1.165) is 11.8 Å². The molecule has 12 heteroatoms. The minimum absolute atomic E-state index is 0.0445. The van der Waals surface area contributed by atoms with Gasteiger partial charge in [0.25, 0.3) is 11.5 Å². The number of carboxylic acid groups (broad SMARTS) is 1. The van der Waals surface area contributed by atoms with Crippen LogP contribution in [0.3, 0.4) is 0 Å². The van der Waals surface area contributed by atoms with Crippen molar-refractivity contribution in [3.8, 4) is 0 Å². The van der Waals surface area contributed by atoms with E-state index in [9.17, 15) is 18.8 Å². The predicted molar refractivity (Wildman–Crippen MR) is 144 cm³/mol. The Hall–Kier alpha value is -3.77. The van der Waals surface area contributed by atoms with Gasteiger partial charge in [-0.15, -0.1) is 0 Å². The first-order valence-electron chi connectivity index (χ1n) is 11.6. The summed E-state index contributed by atoms with van der Waals surface area (Å²) in [5, 5.41) is 8.99. The van der Waals surface area contributed by atoms with Crippen molar-refractivity contribution in [2.75, 3.05) is 42.5 Å². The van der Waals surface area contributed by atoms with Crippen LogP contribution < -0.4 is 15.4 Å². The van der Waals surface area contributed by atoms with Crippen molar-refractivity contribution in [1.29, 1.82) is 0 Å². The molecule has 2 aliphatic heterocycles. The topological polar surface area (TPSA) is 98.5 Å². The summed E-state index contributed by atoms with van der Waals surface area (Å²) in [5.74, 6) is -1.33. The molecule has 0 atom stereocenters. The quantitative estimate of drug-likeness (QED) is 0.375. The largest absolute Gasteiger partial charge is 0.481 e. The molecule has 0 aliphatic carbocycles. The van der Waals surface area contributed by atoms with Gasteiger partial charge in [0.2, 0.25) is 0 Å². The summed E-state index contributed by atoms with van der Waals surface area (Å²) in [6.07, 6.45) is 2.87. The molecular formula is C25H22FN5O4S2. The average Bonchev–Trinajstić information content (AvgIpc) is 3.16. The maximum atomic E-state index is 14.3. The number of pyridine rings is 1. The van der Waals surface area contributed by atoms with Crippen LogP contribution in [0.2, 0.25) is 0 Å². The second-order valence-electron chi connectivity index (χ2n) is 8.49. The number of carbonyl (C=O) groups is 2. The Bertz CT molecular complexity index is 1500. The van der Waals surface area contributed by atoms with Gasteiger partial charge < -0.3 is 14.9 Å². The Balaban J connectivity index is 1.49. The summed E-state index contributed by atoms with van der Waals surface area (Å²) in [4.78, 5) is 47.6. The minimum Gasteiger partial charge on any atom is -0.481 e. The molecule has 4 heterocycles. The number of thioether (sulfide) groups is 1. The molecular weight excluding hydrogens is 517 g/mol. The summed E-state index contributed by atoms with van der Waals surface area (Å²) in [7, 11) is 0. The van der Waals surface area contributed by atoms with Crippen molar-refractivity contribution in [3.63, 3.8) is 0 Å². The monoisotopic (exact) mass is 539 g/mol. The molecule has 1 aromatic carbocycles. The molecule has 2 fully saturated rings. The van der Waals surface area contributed by atoms with Crippen LogP contribution in [0.5, 0.6) is 0 Å². The number of aliphatic carboxylic acids is 1. The molecule has 0 radical (unpaired) electrons. The van der Waals surface area contributed by atoms with Crippen LogP contribution in [-0.4, -0.2) is 68.3 Å². The lowest BCUT2D eigenvalue weighted by Gasteiger charge is -2.37.